The summed E-state index contributed by atoms with van der Waals surface area (Å²) in [6.45, 7) is 5.62. The van der Waals surface area contributed by atoms with Crippen molar-refractivity contribution in [3.05, 3.63) is 29.3 Å². The molecule has 1 N–H and O–H groups in total. The lowest BCUT2D eigenvalue weighted by atomic mass is 10.2. The first-order chi connectivity index (χ1) is 7.77. The Labute approximate surface area is 103 Å². The van der Waals surface area contributed by atoms with E-state index in [2.05, 4.69) is 17.1 Å². The Morgan fingerprint density at radius 3 is 2.94 bits per heavy atom. The van der Waals surface area contributed by atoms with Gasteiger partial charge in [-0.1, -0.05) is 23.7 Å². The summed E-state index contributed by atoms with van der Waals surface area (Å²) in [4.78, 5) is 2.53. The van der Waals surface area contributed by atoms with E-state index in [9.17, 15) is 0 Å². The standard InChI is InChI=1S/C13H19ClN2/c1-11-5-4-9-16(11)10-8-15-13-7-3-2-6-12(13)14/h2-3,6-7,11,15H,4-5,8-10H2,1H3. The Bertz CT molecular complexity index is 340. The monoisotopic (exact) mass is 238 g/mol. The summed E-state index contributed by atoms with van der Waals surface area (Å²) >= 11 is 6.07. The molecule has 1 aliphatic heterocycles. The fourth-order valence-electron chi connectivity index (χ4n) is 2.26. The molecule has 1 heterocycles. The van der Waals surface area contributed by atoms with Crippen molar-refractivity contribution in [3.63, 3.8) is 0 Å². The van der Waals surface area contributed by atoms with Crippen molar-refractivity contribution in [3.8, 4) is 0 Å². The van der Waals surface area contributed by atoms with E-state index < -0.39 is 0 Å². The van der Waals surface area contributed by atoms with Gasteiger partial charge >= 0.3 is 0 Å². The minimum Gasteiger partial charge on any atom is -0.383 e. The van der Waals surface area contributed by atoms with E-state index in [1.807, 2.05) is 24.3 Å². The van der Waals surface area contributed by atoms with E-state index in [-0.39, 0.29) is 0 Å². The summed E-state index contributed by atoms with van der Waals surface area (Å²) in [5.41, 5.74) is 1.04. The zero-order valence-corrected chi connectivity index (χ0v) is 10.5. The van der Waals surface area contributed by atoms with Gasteiger partial charge in [-0.05, 0) is 38.4 Å². The maximum Gasteiger partial charge on any atom is 0.0637 e. The third-order valence-electron chi connectivity index (χ3n) is 3.28. The van der Waals surface area contributed by atoms with Crippen molar-refractivity contribution in [2.75, 3.05) is 25.0 Å². The molecule has 2 nitrogen and oxygen atoms in total. The number of benzene rings is 1. The largest absolute Gasteiger partial charge is 0.383 e. The number of hydrogen-bond acceptors (Lipinski definition) is 2. The molecule has 88 valence electrons. The number of halogens is 1. The molecule has 0 aromatic heterocycles. The lowest BCUT2D eigenvalue weighted by Gasteiger charge is -2.21. The number of nitrogens with zero attached hydrogens (tertiary/aromatic N) is 1. The topological polar surface area (TPSA) is 15.3 Å². The molecule has 0 aliphatic carbocycles. The van der Waals surface area contributed by atoms with Gasteiger partial charge in [0, 0.05) is 19.1 Å². The third-order valence-corrected chi connectivity index (χ3v) is 3.61. The summed E-state index contributed by atoms with van der Waals surface area (Å²) in [5.74, 6) is 0. The molecule has 0 spiro atoms. The van der Waals surface area contributed by atoms with E-state index in [4.69, 9.17) is 11.6 Å². The van der Waals surface area contributed by atoms with Gasteiger partial charge in [-0.2, -0.15) is 0 Å². The zero-order chi connectivity index (χ0) is 11.4. The van der Waals surface area contributed by atoms with Crippen molar-refractivity contribution >= 4 is 17.3 Å². The van der Waals surface area contributed by atoms with E-state index in [1.165, 1.54) is 19.4 Å². The zero-order valence-electron chi connectivity index (χ0n) is 9.75. The van der Waals surface area contributed by atoms with Crippen molar-refractivity contribution in [2.45, 2.75) is 25.8 Å². The Morgan fingerprint density at radius 2 is 2.25 bits per heavy atom. The maximum atomic E-state index is 6.07. The lowest BCUT2D eigenvalue weighted by Crippen LogP contribution is -2.31. The van der Waals surface area contributed by atoms with Gasteiger partial charge in [-0.3, -0.25) is 4.90 Å². The van der Waals surface area contributed by atoms with Gasteiger partial charge in [0.05, 0.1) is 10.7 Å². The minimum absolute atomic E-state index is 0.744. The van der Waals surface area contributed by atoms with Crippen molar-refractivity contribution in [1.29, 1.82) is 0 Å². The number of likely N-dealkylation sites (tertiary alicyclic amines) is 1. The number of rotatable bonds is 4. The SMILES string of the molecule is CC1CCCN1CCNc1ccccc1Cl. The molecule has 16 heavy (non-hydrogen) atoms. The smallest absolute Gasteiger partial charge is 0.0637 e. The molecule has 0 amide bonds. The Hall–Kier alpha value is -0.730. The first-order valence-electron chi connectivity index (χ1n) is 6.00. The molecule has 1 atom stereocenters. The van der Waals surface area contributed by atoms with Crippen LogP contribution < -0.4 is 5.32 Å². The van der Waals surface area contributed by atoms with E-state index in [0.717, 1.165) is 29.8 Å². The second-order valence-electron chi connectivity index (χ2n) is 4.43. The molecule has 0 bridgehead atoms. The highest BCUT2D eigenvalue weighted by molar-refractivity contribution is 6.33. The van der Waals surface area contributed by atoms with E-state index >= 15 is 0 Å². The molecule has 1 aliphatic rings. The summed E-state index contributed by atoms with van der Waals surface area (Å²) in [7, 11) is 0. The molecule has 0 saturated carbocycles. The van der Waals surface area contributed by atoms with Gasteiger partial charge < -0.3 is 5.32 Å². The Morgan fingerprint density at radius 1 is 1.44 bits per heavy atom. The highest BCUT2D eigenvalue weighted by Crippen LogP contribution is 2.20. The quantitative estimate of drug-likeness (QED) is 0.867. The number of anilines is 1. The third kappa shape index (κ3) is 2.89. The summed E-state index contributed by atoms with van der Waals surface area (Å²) in [5, 5.41) is 4.19. The van der Waals surface area contributed by atoms with Crippen LogP contribution in [0.3, 0.4) is 0 Å². The van der Waals surface area contributed by atoms with Gasteiger partial charge in [0.1, 0.15) is 0 Å². The summed E-state index contributed by atoms with van der Waals surface area (Å²) < 4.78 is 0. The number of hydrogen-bond donors (Lipinski definition) is 1. The van der Waals surface area contributed by atoms with Crippen LogP contribution in [0.25, 0.3) is 0 Å². The molecule has 1 aromatic carbocycles. The van der Waals surface area contributed by atoms with Gasteiger partial charge in [-0.15, -0.1) is 0 Å². The summed E-state index contributed by atoms with van der Waals surface area (Å²) in [6, 6.07) is 8.65. The predicted molar refractivity (Wildman–Crippen MR) is 70.2 cm³/mol. The van der Waals surface area contributed by atoms with Crippen LogP contribution in [0.5, 0.6) is 0 Å². The molecule has 3 heteroatoms. The van der Waals surface area contributed by atoms with Crippen LogP contribution in [0.1, 0.15) is 19.8 Å². The van der Waals surface area contributed by atoms with Gasteiger partial charge in [-0.25, -0.2) is 0 Å². The predicted octanol–water partition coefficient (Wildman–Crippen LogP) is 3.24. The van der Waals surface area contributed by atoms with Gasteiger partial charge in [0.25, 0.3) is 0 Å². The average molecular weight is 239 g/mol. The highest BCUT2D eigenvalue weighted by atomic mass is 35.5. The second-order valence-corrected chi connectivity index (χ2v) is 4.84. The lowest BCUT2D eigenvalue weighted by molar-refractivity contribution is 0.279. The van der Waals surface area contributed by atoms with Gasteiger partial charge in [0.15, 0.2) is 0 Å². The molecule has 2 rings (SSSR count). The molecule has 1 unspecified atom stereocenters. The van der Waals surface area contributed by atoms with Crippen molar-refractivity contribution < 1.29 is 0 Å². The van der Waals surface area contributed by atoms with Crippen LogP contribution in [0.2, 0.25) is 5.02 Å². The second kappa shape index (κ2) is 5.55. The first kappa shape index (κ1) is 11.7. The normalized spacial score (nSPS) is 21.2. The van der Waals surface area contributed by atoms with Crippen LogP contribution in [0, 0.1) is 0 Å². The van der Waals surface area contributed by atoms with Crippen molar-refractivity contribution in [2.24, 2.45) is 0 Å². The van der Waals surface area contributed by atoms with Gasteiger partial charge in [0.2, 0.25) is 0 Å². The molecule has 1 saturated heterocycles. The van der Waals surface area contributed by atoms with Crippen molar-refractivity contribution in [1.82, 2.24) is 4.90 Å². The van der Waals surface area contributed by atoms with Crippen LogP contribution in [0.15, 0.2) is 24.3 Å². The average Bonchev–Trinajstić information content (AvgIpc) is 2.67. The highest BCUT2D eigenvalue weighted by Gasteiger charge is 2.18. The van der Waals surface area contributed by atoms with Crippen LogP contribution >= 0.6 is 11.6 Å². The molecule has 1 aromatic rings. The Balaban J connectivity index is 1.78. The Kier molecular flexibility index (Phi) is 4.08. The number of para-hydroxylation sites is 1. The molecular formula is C13H19ClN2. The van der Waals surface area contributed by atoms with E-state index in [0.29, 0.717) is 0 Å². The van der Waals surface area contributed by atoms with Crippen LogP contribution in [0.4, 0.5) is 5.69 Å². The maximum absolute atomic E-state index is 6.07. The molecular weight excluding hydrogens is 220 g/mol. The molecule has 0 radical (unpaired) electrons. The fourth-order valence-corrected chi connectivity index (χ4v) is 2.47. The van der Waals surface area contributed by atoms with Crippen LogP contribution in [-0.2, 0) is 0 Å². The molecule has 1 fully saturated rings. The minimum atomic E-state index is 0.744. The number of nitrogens with one attached hydrogen (secondary N) is 1. The first-order valence-corrected chi connectivity index (χ1v) is 6.37. The van der Waals surface area contributed by atoms with E-state index in [1.54, 1.807) is 0 Å². The van der Waals surface area contributed by atoms with Crippen LogP contribution in [-0.4, -0.2) is 30.6 Å². The fraction of sp³-hybridized carbons (Fsp3) is 0.538. The summed E-state index contributed by atoms with van der Waals surface area (Å²) in [6.07, 6.45) is 2.68.